The van der Waals surface area contributed by atoms with Gasteiger partial charge in [0.25, 0.3) is 5.22 Å². The molecule has 1 aliphatic rings. The van der Waals surface area contributed by atoms with Crippen molar-refractivity contribution in [2.45, 2.75) is 70.6 Å². The Hall–Kier alpha value is -2.64. The Kier molecular flexibility index (Phi) is 6.96. The molecule has 0 aliphatic heterocycles. The quantitative estimate of drug-likeness (QED) is 0.486. The van der Waals surface area contributed by atoms with E-state index in [1.807, 2.05) is 26.2 Å². The number of nitrogens with one attached hydrogen (secondary N) is 1. The lowest BCUT2D eigenvalue weighted by atomic mass is 9.95. The molecule has 1 amide bonds. The maximum Gasteiger partial charge on any atom is 0.277 e. The first kappa shape index (κ1) is 22.6. The second-order valence-corrected chi connectivity index (χ2v) is 10.0. The summed E-state index contributed by atoms with van der Waals surface area (Å²) in [5.74, 6) is 1.01. The second kappa shape index (κ2) is 9.88. The van der Waals surface area contributed by atoms with Gasteiger partial charge in [-0.25, -0.2) is 4.98 Å². The fourth-order valence-electron chi connectivity index (χ4n) is 4.19. The van der Waals surface area contributed by atoms with Gasteiger partial charge in [0.2, 0.25) is 11.8 Å². The lowest BCUT2D eigenvalue weighted by Gasteiger charge is -2.27. The lowest BCUT2D eigenvalue weighted by Crippen LogP contribution is -2.21. The summed E-state index contributed by atoms with van der Waals surface area (Å²) in [6, 6.07) is 2.60. The molecule has 0 atom stereocenters. The Bertz CT molecular complexity index is 1150. The molecule has 0 spiro atoms. The zero-order chi connectivity index (χ0) is 22.7. The van der Waals surface area contributed by atoms with Gasteiger partial charge < -0.3 is 14.3 Å². The highest BCUT2D eigenvalue weighted by molar-refractivity contribution is 7.99. The van der Waals surface area contributed by atoms with E-state index in [9.17, 15) is 10.1 Å². The molecule has 0 unspecified atom stereocenters. The number of thioether (sulfide) groups is 1. The van der Waals surface area contributed by atoms with Crippen molar-refractivity contribution in [3.05, 3.63) is 38.8 Å². The third kappa shape index (κ3) is 4.89. The number of nitriles is 1. The van der Waals surface area contributed by atoms with E-state index in [1.54, 1.807) is 11.3 Å². The van der Waals surface area contributed by atoms with E-state index in [1.165, 1.54) is 31.0 Å². The topological polar surface area (TPSA) is 110 Å². The fourth-order valence-corrected chi connectivity index (χ4v) is 5.38. The molecule has 168 valence electrons. The van der Waals surface area contributed by atoms with E-state index in [-0.39, 0.29) is 11.7 Å². The summed E-state index contributed by atoms with van der Waals surface area (Å²) >= 11 is 2.77. The van der Waals surface area contributed by atoms with Gasteiger partial charge in [-0.2, -0.15) is 5.26 Å². The van der Waals surface area contributed by atoms with Gasteiger partial charge in [-0.05, 0) is 39.2 Å². The number of aromatic nitrogens is 4. The molecular formula is C22H26N6O2S2. The van der Waals surface area contributed by atoms with Crippen LogP contribution in [0.25, 0.3) is 0 Å². The number of thiazole rings is 1. The predicted octanol–water partition coefficient (Wildman–Crippen LogP) is 4.95. The van der Waals surface area contributed by atoms with Crippen LogP contribution in [-0.2, 0) is 11.2 Å². The summed E-state index contributed by atoms with van der Waals surface area (Å²) in [5.41, 5.74) is 3.42. The van der Waals surface area contributed by atoms with Gasteiger partial charge in [0.1, 0.15) is 11.9 Å². The average Bonchev–Trinajstić information content (AvgIpc) is 3.47. The number of rotatable bonds is 7. The molecule has 1 fully saturated rings. The predicted molar refractivity (Wildman–Crippen MR) is 124 cm³/mol. The molecule has 0 aromatic carbocycles. The third-order valence-corrected chi connectivity index (χ3v) is 7.48. The smallest absolute Gasteiger partial charge is 0.277 e. The Balaban J connectivity index is 1.42. The number of carbonyl (C=O) groups excluding carboxylic acids is 1. The largest absolute Gasteiger partial charge is 0.416 e. The van der Waals surface area contributed by atoms with Crippen LogP contribution in [0.5, 0.6) is 0 Å². The number of hydrogen-bond donors (Lipinski definition) is 1. The summed E-state index contributed by atoms with van der Waals surface area (Å²) in [5, 5.41) is 24.1. The molecule has 3 heterocycles. The Morgan fingerprint density at radius 2 is 2.09 bits per heavy atom. The van der Waals surface area contributed by atoms with Gasteiger partial charge in [-0.15, -0.1) is 21.5 Å². The summed E-state index contributed by atoms with van der Waals surface area (Å²) in [6.07, 6.45) is 6.21. The van der Waals surface area contributed by atoms with Gasteiger partial charge >= 0.3 is 0 Å². The molecule has 0 saturated heterocycles. The fraction of sp³-hybridized carbons (Fsp3) is 0.500. The van der Waals surface area contributed by atoms with Crippen LogP contribution in [0.4, 0.5) is 5.82 Å². The third-order valence-electron chi connectivity index (χ3n) is 5.84. The summed E-state index contributed by atoms with van der Waals surface area (Å²) in [7, 11) is 0. The van der Waals surface area contributed by atoms with Crippen molar-refractivity contribution in [1.82, 2.24) is 19.7 Å². The van der Waals surface area contributed by atoms with Gasteiger partial charge in [0, 0.05) is 17.1 Å². The monoisotopic (exact) mass is 470 g/mol. The number of amides is 1. The van der Waals surface area contributed by atoms with Crippen LogP contribution in [0.2, 0.25) is 0 Å². The van der Waals surface area contributed by atoms with Crippen LogP contribution in [0, 0.1) is 32.1 Å². The normalized spacial score (nSPS) is 14.4. The molecule has 4 rings (SSSR count). The first-order valence-electron chi connectivity index (χ1n) is 10.7. The van der Waals surface area contributed by atoms with Crippen molar-refractivity contribution in [2.75, 3.05) is 11.1 Å². The number of carbonyl (C=O) groups is 1. The van der Waals surface area contributed by atoms with Crippen molar-refractivity contribution in [3.8, 4) is 6.07 Å². The number of hydrogen-bond acceptors (Lipinski definition) is 8. The molecule has 1 N–H and O–H groups in total. The lowest BCUT2D eigenvalue weighted by molar-refractivity contribution is -0.113. The first-order chi connectivity index (χ1) is 15.5. The van der Waals surface area contributed by atoms with Gasteiger partial charge in [-0.3, -0.25) is 4.79 Å². The van der Waals surface area contributed by atoms with E-state index in [0.717, 1.165) is 34.8 Å². The van der Waals surface area contributed by atoms with Crippen molar-refractivity contribution in [3.63, 3.8) is 0 Å². The Morgan fingerprint density at radius 3 is 2.78 bits per heavy atom. The van der Waals surface area contributed by atoms with Crippen molar-refractivity contribution < 1.29 is 9.21 Å². The molecule has 10 heteroatoms. The molecule has 8 nitrogen and oxygen atoms in total. The minimum Gasteiger partial charge on any atom is -0.416 e. The summed E-state index contributed by atoms with van der Waals surface area (Å²) < 4.78 is 7.82. The molecule has 1 aliphatic carbocycles. The first-order valence-corrected chi connectivity index (χ1v) is 12.6. The standard InChI is InChI=1S/C22H26N6O2S2/c1-13-14(2)28(17-7-5-4-6-8-17)21(18(13)10-23)25-19(29)12-32-22-27-26-20(30-22)9-16-11-31-15(3)24-16/h11,17H,4-9,12H2,1-3H3,(H,25,29). The highest BCUT2D eigenvalue weighted by Crippen LogP contribution is 2.36. The number of nitrogens with zero attached hydrogens (tertiary/aromatic N) is 5. The molecule has 3 aromatic heterocycles. The Labute approximate surface area is 195 Å². The SMILES string of the molecule is Cc1nc(Cc2nnc(SCC(=O)Nc3c(C#N)c(C)c(C)n3C3CCCCC3)o2)cs1. The minimum atomic E-state index is -0.198. The van der Waals surface area contributed by atoms with E-state index in [2.05, 4.69) is 31.1 Å². The van der Waals surface area contributed by atoms with E-state index in [0.29, 0.717) is 35.0 Å². The van der Waals surface area contributed by atoms with E-state index < -0.39 is 0 Å². The van der Waals surface area contributed by atoms with Crippen LogP contribution < -0.4 is 5.32 Å². The minimum absolute atomic E-state index is 0.121. The zero-order valence-corrected chi connectivity index (χ0v) is 20.1. The van der Waals surface area contributed by atoms with Crippen molar-refractivity contribution in [1.29, 1.82) is 5.26 Å². The summed E-state index contributed by atoms with van der Waals surface area (Å²) in [6.45, 7) is 5.92. The van der Waals surface area contributed by atoms with Crippen LogP contribution in [-0.4, -0.2) is 31.4 Å². The second-order valence-electron chi connectivity index (χ2n) is 8.04. The van der Waals surface area contributed by atoms with E-state index in [4.69, 9.17) is 4.42 Å². The maximum atomic E-state index is 12.8. The van der Waals surface area contributed by atoms with Gasteiger partial charge in [-0.1, -0.05) is 31.0 Å². The molecule has 3 aromatic rings. The molecule has 0 bridgehead atoms. The zero-order valence-electron chi connectivity index (χ0n) is 18.5. The molecule has 1 saturated carbocycles. The average molecular weight is 471 g/mol. The van der Waals surface area contributed by atoms with Crippen LogP contribution in [0.1, 0.15) is 71.6 Å². The highest BCUT2D eigenvalue weighted by atomic mass is 32.2. The summed E-state index contributed by atoms with van der Waals surface area (Å²) in [4.78, 5) is 17.2. The van der Waals surface area contributed by atoms with Crippen molar-refractivity contribution >= 4 is 34.8 Å². The number of aryl methyl sites for hydroxylation is 1. The number of anilines is 1. The molecule has 0 radical (unpaired) electrons. The van der Waals surface area contributed by atoms with Crippen LogP contribution in [0.15, 0.2) is 15.0 Å². The highest BCUT2D eigenvalue weighted by Gasteiger charge is 2.26. The Morgan fingerprint density at radius 1 is 1.31 bits per heavy atom. The van der Waals surface area contributed by atoms with Crippen LogP contribution in [0.3, 0.4) is 0 Å². The van der Waals surface area contributed by atoms with Crippen molar-refractivity contribution in [2.24, 2.45) is 0 Å². The van der Waals surface area contributed by atoms with Gasteiger partial charge in [0.15, 0.2) is 0 Å². The molecular weight excluding hydrogens is 444 g/mol. The maximum absolute atomic E-state index is 12.8. The molecule has 32 heavy (non-hydrogen) atoms. The van der Waals surface area contributed by atoms with Gasteiger partial charge in [0.05, 0.1) is 28.4 Å². The van der Waals surface area contributed by atoms with E-state index >= 15 is 0 Å². The van der Waals surface area contributed by atoms with Crippen LogP contribution >= 0.6 is 23.1 Å².